The van der Waals surface area contributed by atoms with E-state index in [-0.39, 0.29) is 5.69 Å². The first-order chi connectivity index (χ1) is 13.5. The van der Waals surface area contributed by atoms with Crippen LogP contribution in [0.1, 0.15) is 24.4 Å². The number of nitrogens with zero attached hydrogens (tertiary/aromatic N) is 1. The summed E-state index contributed by atoms with van der Waals surface area (Å²) in [4.78, 5) is 10.2. The molecule has 0 radical (unpaired) electrons. The van der Waals surface area contributed by atoms with E-state index in [0.29, 0.717) is 13.1 Å². The van der Waals surface area contributed by atoms with E-state index in [1.54, 1.807) is 19.1 Å². The molecule has 0 aliphatic heterocycles. The molecule has 0 unspecified atom stereocenters. The number of anilines is 1. The van der Waals surface area contributed by atoms with Gasteiger partial charge in [-0.2, -0.15) is 0 Å². The first-order valence-corrected chi connectivity index (χ1v) is 9.09. The topological polar surface area (TPSA) is 101 Å². The molecule has 0 bridgehead atoms. The molecule has 0 aliphatic carbocycles. The van der Waals surface area contributed by atoms with Crippen LogP contribution in [0.4, 0.5) is 11.4 Å². The molecule has 0 fully saturated rings. The lowest BCUT2D eigenvalue weighted by Gasteiger charge is -2.07. The molecule has 3 rings (SSSR count). The van der Waals surface area contributed by atoms with Crippen molar-refractivity contribution in [2.75, 3.05) is 18.4 Å². The lowest BCUT2D eigenvalue weighted by molar-refractivity contribution is -0.384. The number of nitrogens with one attached hydrogen (secondary N) is 2. The summed E-state index contributed by atoms with van der Waals surface area (Å²) < 4.78 is 5.86. The van der Waals surface area contributed by atoms with Crippen molar-refractivity contribution >= 4 is 11.4 Å². The average molecular weight is 381 g/mol. The molecule has 0 amide bonds. The van der Waals surface area contributed by atoms with Gasteiger partial charge in [-0.15, -0.1) is 0 Å². The Kier molecular flexibility index (Phi) is 6.41. The van der Waals surface area contributed by atoms with Gasteiger partial charge in [-0.1, -0.05) is 24.3 Å². The van der Waals surface area contributed by atoms with E-state index in [4.69, 9.17) is 4.42 Å². The summed E-state index contributed by atoms with van der Waals surface area (Å²) >= 11 is 0. The Bertz CT molecular complexity index is 902. The van der Waals surface area contributed by atoms with Crippen LogP contribution in [0.25, 0.3) is 11.3 Å². The second kappa shape index (κ2) is 9.16. The van der Waals surface area contributed by atoms with E-state index in [1.165, 1.54) is 12.1 Å². The maximum atomic E-state index is 10.6. The first kappa shape index (κ1) is 19.6. The standard InChI is InChI=1S/C21H23N3O4/c1-15(25)16-2-4-17(5-3-16)21-11-10-20(28-21)14-22-12-13-23-18-6-8-19(9-7-18)24(26)27/h2-11,15,22-23,25H,12-14H2,1H3/t15-/m0/s1. The predicted octanol–water partition coefficient (Wildman–Crippen LogP) is 4.11. The minimum absolute atomic E-state index is 0.0813. The normalized spacial score (nSPS) is 11.9. The van der Waals surface area contributed by atoms with Crippen LogP contribution in [-0.4, -0.2) is 23.1 Å². The van der Waals surface area contributed by atoms with Gasteiger partial charge in [-0.05, 0) is 36.8 Å². The molecular weight excluding hydrogens is 358 g/mol. The van der Waals surface area contributed by atoms with Crippen molar-refractivity contribution in [3.63, 3.8) is 0 Å². The van der Waals surface area contributed by atoms with Crippen molar-refractivity contribution in [2.24, 2.45) is 0 Å². The molecule has 28 heavy (non-hydrogen) atoms. The average Bonchev–Trinajstić information content (AvgIpc) is 3.17. The van der Waals surface area contributed by atoms with Crippen molar-refractivity contribution in [3.8, 4) is 11.3 Å². The Morgan fingerprint density at radius 3 is 2.39 bits per heavy atom. The van der Waals surface area contributed by atoms with Crippen LogP contribution in [0.3, 0.4) is 0 Å². The maximum Gasteiger partial charge on any atom is 0.269 e. The van der Waals surface area contributed by atoms with Crippen molar-refractivity contribution in [2.45, 2.75) is 19.6 Å². The molecule has 7 nitrogen and oxygen atoms in total. The predicted molar refractivity (Wildman–Crippen MR) is 108 cm³/mol. The van der Waals surface area contributed by atoms with Gasteiger partial charge in [0.25, 0.3) is 5.69 Å². The van der Waals surface area contributed by atoms with Gasteiger partial charge in [0.15, 0.2) is 0 Å². The second-order valence-electron chi connectivity index (χ2n) is 6.47. The third kappa shape index (κ3) is 5.18. The van der Waals surface area contributed by atoms with Crippen LogP contribution < -0.4 is 10.6 Å². The van der Waals surface area contributed by atoms with E-state index in [2.05, 4.69) is 10.6 Å². The first-order valence-electron chi connectivity index (χ1n) is 9.09. The molecule has 1 heterocycles. The van der Waals surface area contributed by atoms with Gasteiger partial charge >= 0.3 is 0 Å². The van der Waals surface area contributed by atoms with Crippen LogP contribution in [0.2, 0.25) is 0 Å². The number of aliphatic hydroxyl groups excluding tert-OH is 1. The molecule has 0 saturated carbocycles. The summed E-state index contributed by atoms with van der Waals surface area (Å²) in [7, 11) is 0. The quantitative estimate of drug-likeness (QED) is 0.293. The minimum atomic E-state index is -0.481. The fraction of sp³-hybridized carbons (Fsp3) is 0.238. The van der Waals surface area contributed by atoms with Crippen molar-refractivity contribution in [3.05, 3.63) is 82.1 Å². The van der Waals surface area contributed by atoms with Gasteiger partial charge in [0.1, 0.15) is 11.5 Å². The second-order valence-corrected chi connectivity index (χ2v) is 6.47. The Morgan fingerprint density at radius 2 is 1.75 bits per heavy atom. The van der Waals surface area contributed by atoms with Crippen LogP contribution in [-0.2, 0) is 6.54 Å². The highest BCUT2D eigenvalue weighted by molar-refractivity contribution is 5.58. The molecule has 7 heteroatoms. The highest BCUT2D eigenvalue weighted by Gasteiger charge is 2.07. The lowest BCUT2D eigenvalue weighted by Crippen LogP contribution is -2.21. The van der Waals surface area contributed by atoms with Crippen molar-refractivity contribution < 1.29 is 14.4 Å². The largest absolute Gasteiger partial charge is 0.460 e. The fourth-order valence-corrected chi connectivity index (χ4v) is 2.76. The molecule has 3 aromatic rings. The molecule has 1 atom stereocenters. The van der Waals surface area contributed by atoms with Crippen LogP contribution in [0, 0.1) is 10.1 Å². The van der Waals surface area contributed by atoms with E-state index in [1.807, 2.05) is 36.4 Å². The number of benzene rings is 2. The molecule has 0 spiro atoms. The molecule has 2 aromatic carbocycles. The molecule has 0 saturated heterocycles. The van der Waals surface area contributed by atoms with E-state index < -0.39 is 11.0 Å². The number of nitro benzene ring substituents is 1. The highest BCUT2D eigenvalue weighted by Crippen LogP contribution is 2.24. The number of hydrogen-bond donors (Lipinski definition) is 3. The number of hydrogen-bond acceptors (Lipinski definition) is 6. The number of aliphatic hydroxyl groups is 1. The van der Waals surface area contributed by atoms with Gasteiger partial charge in [-0.25, -0.2) is 0 Å². The fourth-order valence-electron chi connectivity index (χ4n) is 2.76. The Morgan fingerprint density at radius 1 is 1.04 bits per heavy atom. The van der Waals surface area contributed by atoms with Crippen LogP contribution in [0.5, 0.6) is 0 Å². The van der Waals surface area contributed by atoms with Crippen molar-refractivity contribution in [1.29, 1.82) is 0 Å². The number of non-ortho nitro benzene ring substituents is 1. The number of nitro groups is 1. The Labute approximate surface area is 163 Å². The van der Waals surface area contributed by atoms with Crippen molar-refractivity contribution in [1.82, 2.24) is 5.32 Å². The Balaban J connectivity index is 1.42. The zero-order valence-corrected chi connectivity index (χ0v) is 15.6. The summed E-state index contributed by atoms with van der Waals surface area (Å²) in [5.41, 5.74) is 2.76. The summed E-state index contributed by atoms with van der Waals surface area (Å²) in [6.45, 7) is 3.75. The van der Waals surface area contributed by atoms with E-state index in [0.717, 1.165) is 34.9 Å². The van der Waals surface area contributed by atoms with Gasteiger partial charge in [0.2, 0.25) is 0 Å². The zero-order chi connectivity index (χ0) is 19.9. The smallest absolute Gasteiger partial charge is 0.269 e. The summed E-state index contributed by atoms with van der Waals surface area (Å²) in [5.74, 6) is 1.63. The number of rotatable bonds is 9. The monoisotopic (exact) mass is 381 g/mol. The summed E-state index contributed by atoms with van der Waals surface area (Å²) in [6.07, 6.45) is -0.481. The molecule has 1 aromatic heterocycles. The SMILES string of the molecule is C[C@H](O)c1ccc(-c2ccc(CNCCNc3ccc([N+](=O)[O-])cc3)o2)cc1. The van der Waals surface area contributed by atoms with Gasteiger partial charge in [-0.3, -0.25) is 10.1 Å². The minimum Gasteiger partial charge on any atom is -0.460 e. The third-order valence-electron chi connectivity index (χ3n) is 4.35. The molecule has 3 N–H and O–H groups in total. The van der Waals surface area contributed by atoms with Gasteiger partial charge < -0.3 is 20.2 Å². The van der Waals surface area contributed by atoms with E-state index in [9.17, 15) is 15.2 Å². The third-order valence-corrected chi connectivity index (χ3v) is 4.35. The zero-order valence-electron chi connectivity index (χ0n) is 15.6. The molecule has 0 aliphatic rings. The molecular formula is C21H23N3O4. The van der Waals surface area contributed by atoms with Crippen LogP contribution >= 0.6 is 0 Å². The van der Waals surface area contributed by atoms with Gasteiger partial charge in [0.05, 0.1) is 17.6 Å². The number of furan rings is 1. The Hall–Kier alpha value is -3.16. The van der Waals surface area contributed by atoms with Crippen LogP contribution in [0.15, 0.2) is 65.1 Å². The lowest BCUT2D eigenvalue weighted by atomic mass is 10.1. The van der Waals surface area contributed by atoms with E-state index >= 15 is 0 Å². The molecule has 146 valence electrons. The van der Waals surface area contributed by atoms with Gasteiger partial charge in [0, 0.05) is 36.5 Å². The maximum absolute atomic E-state index is 10.6. The highest BCUT2D eigenvalue weighted by atomic mass is 16.6. The summed E-state index contributed by atoms with van der Waals surface area (Å²) in [5, 5.41) is 26.7. The summed E-state index contributed by atoms with van der Waals surface area (Å²) in [6, 6.07) is 17.9.